The molecule has 3 heterocycles. The second-order valence-electron chi connectivity index (χ2n) is 12.9. The average Bonchev–Trinajstić information content (AvgIpc) is 2.80. The number of carbonyl (C=O) groups is 1. The molecule has 0 aliphatic carbocycles. The van der Waals surface area contributed by atoms with E-state index >= 15 is 0 Å². The van der Waals surface area contributed by atoms with Crippen LogP contribution in [-0.2, 0) is 14.3 Å². The van der Waals surface area contributed by atoms with Crippen molar-refractivity contribution in [2.24, 2.45) is 11.3 Å². The number of aromatic nitrogens is 2. The molecule has 2 aromatic rings. The quantitative estimate of drug-likeness (QED) is 0.334. The first-order chi connectivity index (χ1) is 17.7. The molecular formula is C32H47N3O3. The van der Waals surface area contributed by atoms with Crippen LogP contribution in [-0.4, -0.2) is 40.7 Å². The Morgan fingerprint density at radius 1 is 1.08 bits per heavy atom. The highest BCUT2D eigenvalue weighted by molar-refractivity contribution is 5.87. The third-order valence-corrected chi connectivity index (χ3v) is 6.76. The average molecular weight is 522 g/mol. The maximum Gasteiger partial charge on any atom is 0.340 e. The molecule has 0 spiro atoms. The predicted molar refractivity (Wildman–Crippen MR) is 156 cm³/mol. The van der Waals surface area contributed by atoms with Gasteiger partial charge in [0.25, 0.3) is 0 Å². The van der Waals surface area contributed by atoms with Crippen molar-refractivity contribution in [3.05, 3.63) is 47.6 Å². The summed E-state index contributed by atoms with van der Waals surface area (Å²) in [4.78, 5) is 25.3. The van der Waals surface area contributed by atoms with Crippen LogP contribution in [0.25, 0.3) is 17.2 Å². The first kappa shape index (κ1) is 29.8. The molecule has 1 aliphatic rings. The van der Waals surface area contributed by atoms with E-state index in [4.69, 9.17) is 14.5 Å². The van der Waals surface area contributed by atoms with Crippen molar-refractivity contribution >= 4 is 17.7 Å². The van der Waals surface area contributed by atoms with Crippen LogP contribution in [0.15, 0.2) is 30.7 Å². The standard InChI is InChI=1S/C32H47N3O3/c1-21(2)11-12-24-17-25(19-33-18-24)26-20-34-23(5)27(28(26)35-15-13-32(9,10)14-16-35)29(38-31(6,7)8)30(36)37-22(3)4/h11-12,17-22,29H,13-16H2,1-10H3/b12-11+. The van der Waals surface area contributed by atoms with Gasteiger partial charge in [0.1, 0.15) is 0 Å². The van der Waals surface area contributed by atoms with Gasteiger partial charge in [-0.15, -0.1) is 0 Å². The number of hydrogen-bond donors (Lipinski definition) is 0. The number of pyridine rings is 2. The van der Waals surface area contributed by atoms with Crippen LogP contribution in [0, 0.1) is 18.3 Å². The number of anilines is 1. The molecule has 6 heteroatoms. The smallest absolute Gasteiger partial charge is 0.340 e. The normalized spacial score (nSPS) is 16.9. The third-order valence-electron chi connectivity index (χ3n) is 6.76. The number of ether oxygens (including phenoxy) is 2. The van der Waals surface area contributed by atoms with Gasteiger partial charge in [-0.05, 0) is 77.3 Å². The molecule has 1 fully saturated rings. The molecule has 1 unspecified atom stereocenters. The first-order valence-electron chi connectivity index (χ1n) is 13.9. The van der Waals surface area contributed by atoms with E-state index in [-0.39, 0.29) is 17.5 Å². The van der Waals surface area contributed by atoms with Crippen LogP contribution in [0.1, 0.15) is 98.1 Å². The Bertz CT molecular complexity index is 1140. The van der Waals surface area contributed by atoms with Gasteiger partial charge in [-0.3, -0.25) is 9.97 Å². The number of esters is 1. The SMILES string of the molecule is Cc1ncc(-c2cncc(/C=C/C(C)C)c2)c(N2CCC(C)(C)CC2)c1C(OC(C)(C)C)C(=O)OC(C)C. The minimum Gasteiger partial charge on any atom is -0.461 e. The number of nitrogens with zero attached hydrogens (tertiary/aromatic N) is 3. The van der Waals surface area contributed by atoms with Gasteiger partial charge in [-0.2, -0.15) is 0 Å². The van der Waals surface area contributed by atoms with Crippen LogP contribution in [0.5, 0.6) is 0 Å². The Morgan fingerprint density at radius 3 is 2.32 bits per heavy atom. The van der Waals surface area contributed by atoms with Crippen molar-refractivity contribution in [2.45, 2.75) is 99.9 Å². The number of aryl methyl sites for hydroxylation is 1. The Balaban J connectivity index is 2.25. The van der Waals surface area contributed by atoms with Gasteiger partial charge in [0.2, 0.25) is 0 Å². The van der Waals surface area contributed by atoms with Crippen molar-refractivity contribution in [3.8, 4) is 11.1 Å². The van der Waals surface area contributed by atoms with E-state index in [9.17, 15) is 4.79 Å². The molecule has 1 saturated heterocycles. The molecule has 2 aromatic heterocycles. The Labute approximate surface area is 229 Å². The van der Waals surface area contributed by atoms with Gasteiger partial charge in [0.15, 0.2) is 6.10 Å². The van der Waals surface area contributed by atoms with Gasteiger partial charge in [0.05, 0.1) is 17.4 Å². The van der Waals surface area contributed by atoms with Gasteiger partial charge in [-0.1, -0.05) is 39.8 Å². The Hall–Kier alpha value is -2.73. The number of carbonyl (C=O) groups excluding carboxylic acids is 1. The van der Waals surface area contributed by atoms with E-state index in [1.165, 1.54) is 0 Å². The number of rotatable bonds is 8. The summed E-state index contributed by atoms with van der Waals surface area (Å²) in [6.07, 6.45) is 10.9. The van der Waals surface area contributed by atoms with Crippen LogP contribution in [0.3, 0.4) is 0 Å². The zero-order chi connectivity index (χ0) is 28.3. The Morgan fingerprint density at radius 2 is 1.74 bits per heavy atom. The molecule has 1 atom stereocenters. The van der Waals surface area contributed by atoms with Crippen molar-refractivity contribution < 1.29 is 14.3 Å². The molecule has 0 N–H and O–H groups in total. The van der Waals surface area contributed by atoms with Crippen LogP contribution in [0.2, 0.25) is 0 Å². The Kier molecular flexibility index (Phi) is 9.40. The molecular weight excluding hydrogens is 474 g/mol. The second kappa shape index (κ2) is 12.0. The molecule has 0 amide bonds. The summed E-state index contributed by atoms with van der Waals surface area (Å²) in [6, 6.07) is 2.14. The largest absolute Gasteiger partial charge is 0.461 e. The topological polar surface area (TPSA) is 64.5 Å². The summed E-state index contributed by atoms with van der Waals surface area (Å²) in [6.45, 7) is 22.3. The minimum absolute atomic E-state index is 0.252. The zero-order valence-electron chi connectivity index (χ0n) is 25.1. The lowest BCUT2D eigenvalue weighted by atomic mass is 9.82. The summed E-state index contributed by atoms with van der Waals surface area (Å²) in [5.74, 6) is 0.0585. The highest BCUT2D eigenvalue weighted by atomic mass is 16.6. The second-order valence-corrected chi connectivity index (χ2v) is 12.9. The fourth-order valence-electron chi connectivity index (χ4n) is 4.68. The van der Waals surface area contributed by atoms with E-state index < -0.39 is 11.7 Å². The summed E-state index contributed by atoms with van der Waals surface area (Å²) in [5, 5.41) is 0. The van der Waals surface area contributed by atoms with E-state index in [0.717, 1.165) is 59.6 Å². The molecule has 38 heavy (non-hydrogen) atoms. The molecule has 1 aliphatic heterocycles. The highest BCUT2D eigenvalue weighted by Gasteiger charge is 2.37. The van der Waals surface area contributed by atoms with E-state index in [1.807, 2.05) is 60.1 Å². The third kappa shape index (κ3) is 7.89. The number of piperidine rings is 1. The minimum atomic E-state index is -0.897. The lowest BCUT2D eigenvalue weighted by Gasteiger charge is -2.41. The highest BCUT2D eigenvalue weighted by Crippen LogP contribution is 2.43. The van der Waals surface area contributed by atoms with Gasteiger partial charge in [0, 0.05) is 54.1 Å². The lowest BCUT2D eigenvalue weighted by Crippen LogP contribution is -2.39. The summed E-state index contributed by atoms with van der Waals surface area (Å²) in [5.41, 5.74) is 5.22. The monoisotopic (exact) mass is 521 g/mol. The van der Waals surface area contributed by atoms with Crippen molar-refractivity contribution in [3.63, 3.8) is 0 Å². The van der Waals surface area contributed by atoms with E-state index in [2.05, 4.69) is 55.8 Å². The molecule has 0 aromatic carbocycles. The van der Waals surface area contributed by atoms with Crippen molar-refractivity contribution in [1.82, 2.24) is 9.97 Å². The summed E-state index contributed by atoms with van der Waals surface area (Å²) >= 11 is 0. The fraction of sp³-hybridized carbons (Fsp3) is 0.594. The summed E-state index contributed by atoms with van der Waals surface area (Å²) in [7, 11) is 0. The maximum atomic E-state index is 13.6. The van der Waals surface area contributed by atoms with Crippen molar-refractivity contribution in [1.29, 1.82) is 0 Å². The van der Waals surface area contributed by atoms with Crippen LogP contribution in [0.4, 0.5) is 5.69 Å². The molecule has 0 saturated carbocycles. The maximum absolute atomic E-state index is 13.6. The molecule has 0 radical (unpaired) electrons. The lowest BCUT2D eigenvalue weighted by molar-refractivity contribution is -0.171. The predicted octanol–water partition coefficient (Wildman–Crippen LogP) is 7.56. The van der Waals surface area contributed by atoms with Crippen molar-refractivity contribution in [2.75, 3.05) is 18.0 Å². The van der Waals surface area contributed by atoms with E-state index in [0.29, 0.717) is 5.92 Å². The van der Waals surface area contributed by atoms with E-state index in [1.54, 1.807) is 0 Å². The number of allylic oxidation sites excluding steroid dienone is 1. The fourth-order valence-corrected chi connectivity index (χ4v) is 4.68. The molecule has 208 valence electrons. The van der Waals surface area contributed by atoms with Crippen LogP contribution < -0.4 is 4.90 Å². The molecule has 0 bridgehead atoms. The zero-order valence-corrected chi connectivity index (χ0v) is 25.1. The molecule has 6 nitrogen and oxygen atoms in total. The molecule has 3 rings (SSSR count). The van der Waals surface area contributed by atoms with Gasteiger partial charge in [-0.25, -0.2) is 4.79 Å². The van der Waals surface area contributed by atoms with Crippen LogP contribution >= 0.6 is 0 Å². The summed E-state index contributed by atoms with van der Waals surface area (Å²) < 4.78 is 12.2. The first-order valence-corrected chi connectivity index (χ1v) is 13.9. The number of hydrogen-bond acceptors (Lipinski definition) is 6. The van der Waals surface area contributed by atoms with Gasteiger partial charge >= 0.3 is 5.97 Å². The van der Waals surface area contributed by atoms with Gasteiger partial charge < -0.3 is 14.4 Å².